The van der Waals surface area contributed by atoms with E-state index in [2.05, 4.69) is 10.3 Å². The number of thioether (sulfide) groups is 1. The van der Waals surface area contributed by atoms with E-state index in [-0.39, 0.29) is 17.2 Å². The van der Waals surface area contributed by atoms with Crippen LogP contribution in [0.2, 0.25) is 5.02 Å². The lowest BCUT2D eigenvalue weighted by Gasteiger charge is -2.15. The second kappa shape index (κ2) is 10.1. The summed E-state index contributed by atoms with van der Waals surface area (Å²) in [4.78, 5) is 30.7. The van der Waals surface area contributed by atoms with Crippen LogP contribution in [0.3, 0.4) is 0 Å². The molecule has 1 N–H and O–H groups in total. The monoisotopic (exact) mass is 479 g/mol. The van der Waals surface area contributed by atoms with Gasteiger partial charge in [0, 0.05) is 17.1 Å². The molecule has 0 aliphatic heterocycles. The van der Waals surface area contributed by atoms with E-state index in [1.54, 1.807) is 29.9 Å². The zero-order valence-electron chi connectivity index (χ0n) is 18.2. The third-order valence-electron chi connectivity index (χ3n) is 5.16. The molecule has 0 saturated heterocycles. The van der Waals surface area contributed by atoms with Crippen molar-refractivity contribution in [1.29, 1.82) is 0 Å². The van der Waals surface area contributed by atoms with Gasteiger partial charge in [-0.15, -0.1) is 0 Å². The quantitative estimate of drug-likeness (QED) is 0.305. The predicted molar refractivity (Wildman–Crippen MR) is 133 cm³/mol. The van der Waals surface area contributed by atoms with Crippen LogP contribution >= 0.6 is 23.4 Å². The molecule has 1 amide bonds. The highest BCUT2D eigenvalue weighted by atomic mass is 35.5. The summed E-state index contributed by atoms with van der Waals surface area (Å²) in [5.41, 5.74) is 2.83. The van der Waals surface area contributed by atoms with Crippen molar-refractivity contribution in [3.05, 3.63) is 93.2 Å². The van der Waals surface area contributed by atoms with Crippen LogP contribution in [0.25, 0.3) is 16.6 Å². The third-order valence-corrected chi connectivity index (χ3v) is 6.33. The number of amides is 1. The first-order chi connectivity index (χ1) is 16.0. The van der Waals surface area contributed by atoms with Crippen molar-refractivity contribution < 1.29 is 9.53 Å². The van der Waals surface area contributed by atoms with E-state index < -0.39 is 0 Å². The fraction of sp³-hybridized carbons (Fsp3) is 0.160. The Balaban J connectivity index is 1.62. The van der Waals surface area contributed by atoms with Crippen molar-refractivity contribution in [3.8, 4) is 11.4 Å². The number of carbonyl (C=O) groups excluding carboxylic acids is 1. The molecule has 8 heteroatoms. The Morgan fingerprint density at radius 1 is 1.12 bits per heavy atom. The van der Waals surface area contributed by atoms with E-state index in [4.69, 9.17) is 16.3 Å². The van der Waals surface area contributed by atoms with Crippen molar-refractivity contribution in [1.82, 2.24) is 14.9 Å². The molecule has 3 aromatic carbocycles. The molecule has 0 spiro atoms. The van der Waals surface area contributed by atoms with Gasteiger partial charge < -0.3 is 10.1 Å². The highest BCUT2D eigenvalue weighted by Crippen LogP contribution is 2.24. The molecule has 1 aromatic heterocycles. The minimum atomic E-state index is -0.206. The van der Waals surface area contributed by atoms with Gasteiger partial charge in [-0.05, 0) is 42.8 Å². The number of hydrogen-bond donors (Lipinski definition) is 1. The van der Waals surface area contributed by atoms with Gasteiger partial charge in [-0.2, -0.15) is 0 Å². The zero-order valence-corrected chi connectivity index (χ0v) is 19.7. The van der Waals surface area contributed by atoms with Crippen LogP contribution < -0.4 is 15.6 Å². The van der Waals surface area contributed by atoms with Crippen LogP contribution in [0, 0.1) is 6.92 Å². The summed E-state index contributed by atoms with van der Waals surface area (Å²) in [7, 11) is 1.60. The average molecular weight is 480 g/mol. The summed E-state index contributed by atoms with van der Waals surface area (Å²) in [6.07, 6.45) is 0. The highest BCUT2D eigenvalue weighted by Gasteiger charge is 2.16. The van der Waals surface area contributed by atoms with E-state index >= 15 is 0 Å². The van der Waals surface area contributed by atoms with Crippen molar-refractivity contribution in [2.24, 2.45) is 0 Å². The van der Waals surface area contributed by atoms with E-state index in [0.29, 0.717) is 33.4 Å². The van der Waals surface area contributed by atoms with Crippen molar-refractivity contribution in [2.45, 2.75) is 18.6 Å². The molecule has 4 rings (SSSR count). The minimum absolute atomic E-state index is 0.0968. The van der Waals surface area contributed by atoms with E-state index in [1.165, 1.54) is 11.8 Å². The van der Waals surface area contributed by atoms with E-state index in [1.807, 2.05) is 55.5 Å². The van der Waals surface area contributed by atoms with Gasteiger partial charge in [0.15, 0.2) is 5.16 Å². The fourth-order valence-corrected chi connectivity index (χ4v) is 4.49. The van der Waals surface area contributed by atoms with Crippen LogP contribution in [-0.4, -0.2) is 28.3 Å². The van der Waals surface area contributed by atoms with Crippen molar-refractivity contribution >= 4 is 40.2 Å². The zero-order chi connectivity index (χ0) is 23.4. The summed E-state index contributed by atoms with van der Waals surface area (Å²) in [5, 5.41) is 4.29. The Labute approximate surface area is 200 Å². The normalized spacial score (nSPS) is 10.9. The number of hydrogen-bond acceptors (Lipinski definition) is 5. The molecular formula is C25H22ClN3O3S. The summed E-state index contributed by atoms with van der Waals surface area (Å²) in [5.74, 6) is 0.633. The Morgan fingerprint density at radius 3 is 2.67 bits per heavy atom. The molecule has 0 fully saturated rings. The molecule has 0 radical (unpaired) electrons. The van der Waals surface area contributed by atoms with Gasteiger partial charge in [-0.1, -0.05) is 59.8 Å². The number of aryl methyl sites for hydroxylation is 1. The largest absolute Gasteiger partial charge is 0.496 e. The molecule has 4 aromatic rings. The lowest BCUT2D eigenvalue weighted by molar-refractivity contribution is -0.118. The maximum atomic E-state index is 13.4. The van der Waals surface area contributed by atoms with Gasteiger partial charge in [-0.3, -0.25) is 14.2 Å². The molecule has 6 nitrogen and oxygen atoms in total. The molecule has 0 unspecified atom stereocenters. The minimum Gasteiger partial charge on any atom is -0.496 e. The first kappa shape index (κ1) is 22.9. The summed E-state index contributed by atoms with van der Waals surface area (Å²) >= 11 is 7.33. The molecule has 168 valence electrons. The summed E-state index contributed by atoms with van der Waals surface area (Å²) in [6, 6.07) is 20.1. The van der Waals surface area contributed by atoms with Crippen molar-refractivity contribution in [2.75, 3.05) is 12.9 Å². The number of benzene rings is 3. The molecule has 0 atom stereocenters. The highest BCUT2D eigenvalue weighted by molar-refractivity contribution is 7.99. The third kappa shape index (κ3) is 5.05. The first-order valence-corrected chi connectivity index (χ1v) is 11.6. The lowest BCUT2D eigenvalue weighted by atomic mass is 10.2. The maximum absolute atomic E-state index is 13.4. The number of halogens is 1. The van der Waals surface area contributed by atoms with Gasteiger partial charge in [-0.25, -0.2) is 4.98 Å². The Kier molecular flexibility index (Phi) is 7.01. The van der Waals surface area contributed by atoms with Crippen LogP contribution in [0.5, 0.6) is 5.75 Å². The molecular weight excluding hydrogens is 458 g/mol. The molecule has 0 aliphatic carbocycles. The van der Waals surface area contributed by atoms with Crippen LogP contribution in [0.15, 0.2) is 76.7 Å². The van der Waals surface area contributed by atoms with Gasteiger partial charge in [0.1, 0.15) is 5.75 Å². The van der Waals surface area contributed by atoms with Gasteiger partial charge in [0.2, 0.25) is 5.91 Å². The van der Waals surface area contributed by atoms with Crippen molar-refractivity contribution in [3.63, 3.8) is 0 Å². The smallest absolute Gasteiger partial charge is 0.266 e. The fourth-order valence-electron chi connectivity index (χ4n) is 3.49. The SMILES string of the molecule is COc1ccccc1CNC(=O)CSc1nc2cc(Cl)ccc2c(=O)n1-c1ccccc1C. The number of rotatable bonds is 7. The Hall–Kier alpha value is -3.29. The Bertz CT molecular complexity index is 1390. The number of fused-ring (bicyclic) bond motifs is 1. The number of nitrogens with one attached hydrogen (secondary N) is 1. The van der Waals surface area contributed by atoms with E-state index in [9.17, 15) is 9.59 Å². The van der Waals surface area contributed by atoms with Crippen LogP contribution in [0.1, 0.15) is 11.1 Å². The Morgan fingerprint density at radius 2 is 1.88 bits per heavy atom. The topological polar surface area (TPSA) is 73.2 Å². The maximum Gasteiger partial charge on any atom is 0.266 e. The molecule has 33 heavy (non-hydrogen) atoms. The number of methoxy groups -OCH3 is 1. The average Bonchev–Trinajstić information content (AvgIpc) is 2.82. The number of aromatic nitrogens is 2. The van der Waals surface area contributed by atoms with Gasteiger partial charge >= 0.3 is 0 Å². The summed E-state index contributed by atoms with van der Waals surface area (Å²) in [6.45, 7) is 2.27. The molecule has 1 heterocycles. The van der Waals surface area contributed by atoms with Crippen LogP contribution in [-0.2, 0) is 11.3 Å². The van der Waals surface area contributed by atoms with Gasteiger partial charge in [0.25, 0.3) is 5.56 Å². The van der Waals surface area contributed by atoms with E-state index in [0.717, 1.165) is 16.8 Å². The second-order valence-electron chi connectivity index (χ2n) is 7.36. The number of carbonyl (C=O) groups is 1. The predicted octanol–water partition coefficient (Wildman–Crippen LogP) is 4.76. The molecule has 0 bridgehead atoms. The second-order valence-corrected chi connectivity index (χ2v) is 8.74. The first-order valence-electron chi connectivity index (χ1n) is 10.3. The summed E-state index contributed by atoms with van der Waals surface area (Å²) < 4.78 is 6.89. The number of para-hydroxylation sites is 2. The van der Waals surface area contributed by atoms with Crippen LogP contribution in [0.4, 0.5) is 0 Å². The lowest BCUT2D eigenvalue weighted by Crippen LogP contribution is -2.26. The molecule has 0 saturated carbocycles. The number of nitrogens with zero attached hydrogens (tertiary/aromatic N) is 2. The molecule has 0 aliphatic rings. The number of ether oxygens (including phenoxy) is 1. The standard InChI is InChI=1S/C25H22ClN3O3S/c1-16-7-3-5-9-21(16)29-24(31)19-12-11-18(26)13-20(19)28-25(29)33-15-23(30)27-14-17-8-4-6-10-22(17)32-2/h3-13H,14-15H2,1-2H3,(H,27,30). The van der Waals surface area contributed by atoms with Gasteiger partial charge in [0.05, 0.1) is 29.5 Å².